The first-order valence-electron chi connectivity index (χ1n) is 7.73. The van der Waals surface area contributed by atoms with Gasteiger partial charge < -0.3 is 14.7 Å². The normalized spacial score (nSPS) is 22.1. The molecule has 1 aromatic rings. The number of aryl methyl sites for hydroxylation is 1. The van der Waals surface area contributed by atoms with E-state index in [2.05, 4.69) is 20.4 Å². The van der Waals surface area contributed by atoms with E-state index >= 15 is 0 Å². The number of nitrogens with one attached hydrogen (secondary N) is 1. The van der Waals surface area contributed by atoms with Gasteiger partial charge in [-0.15, -0.1) is 24.8 Å². The third-order valence-electron chi connectivity index (χ3n) is 4.26. The molecule has 1 N–H and O–H groups in total. The summed E-state index contributed by atoms with van der Waals surface area (Å²) in [6.45, 7) is 7.70. The number of piperidine rings is 1. The molecule has 1 atom stereocenters. The van der Waals surface area contributed by atoms with Crippen LogP contribution in [0.3, 0.4) is 0 Å². The van der Waals surface area contributed by atoms with Gasteiger partial charge in [0, 0.05) is 32.7 Å². The fraction of sp³-hybridized carbons (Fsp3) is 0.786. The molecule has 23 heavy (non-hydrogen) atoms. The number of carbonyl (C=O) groups is 1. The Morgan fingerprint density at radius 1 is 1.30 bits per heavy atom. The van der Waals surface area contributed by atoms with E-state index in [-0.39, 0.29) is 30.7 Å². The third kappa shape index (κ3) is 5.31. The maximum atomic E-state index is 12.4. The Morgan fingerprint density at radius 3 is 2.61 bits per heavy atom. The summed E-state index contributed by atoms with van der Waals surface area (Å²) in [6.07, 6.45) is 2.13. The summed E-state index contributed by atoms with van der Waals surface area (Å²) in [7, 11) is 0. The van der Waals surface area contributed by atoms with Crippen LogP contribution in [0.5, 0.6) is 0 Å². The molecule has 3 rings (SSSR count). The first-order valence-corrected chi connectivity index (χ1v) is 7.73. The van der Waals surface area contributed by atoms with Gasteiger partial charge in [-0.2, -0.15) is 4.98 Å². The van der Waals surface area contributed by atoms with Gasteiger partial charge in [0.25, 0.3) is 0 Å². The Bertz CT molecular complexity index is 485. The van der Waals surface area contributed by atoms with Crippen molar-refractivity contribution < 1.29 is 9.32 Å². The van der Waals surface area contributed by atoms with Gasteiger partial charge in [-0.05, 0) is 26.3 Å². The Kier molecular flexibility index (Phi) is 8.25. The fourth-order valence-corrected chi connectivity index (χ4v) is 3.04. The van der Waals surface area contributed by atoms with Crippen molar-refractivity contribution in [3.8, 4) is 0 Å². The molecule has 2 aliphatic heterocycles. The lowest BCUT2D eigenvalue weighted by Crippen LogP contribution is -2.51. The van der Waals surface area contributed by atoms with Gasteiger partial charge in [-0.1, -0.05) is 5.16 Å². The molecule has 1 unspecified atom stereocenters. The molecule has 7 nitrogen and oxygen atoms in total. The first kappa shape index (κ1) is 20.2. The van der Waals surface area contributed by atoms with E-state index in [0.29, 0.717) is 24.2 Å². The summed E-state index contributed by atoms with van der Waals surface area (Å²) in [6, 6.07) is 0. The highest BCUT2D eigenvalue weighted by Gasteiger charge is 2.28. The van der Waals surface area contributed by atoms with E-state index < -0.39 is 0 Å². The number of aromatic nitrogens is 2. The highest BCUT2D eigenvalue weighted by atomic mass is 35.5. The van der Waals surface area contributed by atoms with Gasteiger partial charge in [0.15, 0.2) is 5.82 Å². The van der Waals surface area contributed by atoms with Gasteiger partial charge in [0.1, 0.15) is 0 Å². The number of rotatable bonds is 3. The molecule has 0 bridgehead atoms. The van der Waals surface area contributed by atoms with E-state index in [1.165, 1.54) is 0 Å². The van der Waals surface area contributed by atoms with Crippen molar-refractivity contribution in [2.24, 2.45) is 5.92 Å². The third-order valence-corrected chi connectivity index (χ3v) is 4.26. The second-order valence-electron chi connectivity index (χ2n) is 5.88. The monoisotopic (exact) mass is 365 g/mol. The maximum absolute atomic E-state index is 12.4. The molecule has 1 amide bonds. The van der Waals surface area contributed by atoms with Crippen LogP contribution < -0.4 is 5.32 Å². The molecule has 9 heteroatoms. The zero-order valence-electron chi connectivity index (χ0n) is 13.4. The standard InChI is InChI=1S/C14H23N5O2.2ClH/c1-11-16-13(21-17-11)10-18-5-7-19(8-6-18)14(20)12-3-2-4-15-9-12;;/h12,15H,2-10H2,1H3;2*1H. The highest BCUT2D eigenvalue weighted by molar-refractivity contribution is 5.85. The Balaban J connectivity index is 0.00000132. The summed E-state index contributed by atoms with van der Waals surface area (Å²) in [5, 5.41) is 7.12. The predicted molar refractivity (Wildman–Crippen MR) is 91.0 cm³/mol. The largest absolute Gasteiger partial charge is 0.340 e. The highest BCUT2D eigenvalue weighted by Crippen LogP contribution is 2.15. The minimum atomic E-state index is 0. The predicted octanol–water partition coefficient (Wildman–Crippen LogP) is 0.865. The lowest BCUT2D eigenvalue weighted by molar-refractivity contribution is -0.138. The number of amides is 1. The molecule has 1 aromatic heterocycles. The van der Waals surface area contributed by atoms with Crippen LogP contribution in [0.25, 0.3) is 0 Å². The van der Waals surface area contributed by atoms with Gasteiger partial charge in [-0.3, -0.25) is 9.69 Å². The molecule has 0 saturated carbocycles. The molecular formula is C14H25Cl2N5O2. The smallest absolute Gasteiger partial charge is 0.240 e. The minimum absolute atomic E-state index is 0. The second kappa shape index (κ2) is 9.42. The molecule has 2 fully saturated rings. The van der Waals surface area contributed by atoms with Crippen LogP contribution >= 0.6 is 24.8 Å². The Morgan fingerprint density at radius 2 is 2.04 bits per heavy atom. The molecule has 0 aromatic carbocycles. The number of hydrogen-bond acceptors (Lipinski definition) is 6. The second-order valence-corrected chi connectivity index (χ2v) is 5.88. The van der Waals surface area contributed by atoms with Gasteiger partial charge in [0.05, 0.1) is 12.5 Å². The maximum Gasteiger partial charge on any atom is 0.240 e. The van der Waals surface area contributed by atoms with Crippen LogP contribution in [0.1, 0.15) is 24.6 Å². The van der Waals surface area contributed by atoms with Crippen molar-refractivity contribution in [3.05, 3.63) is 11.7 Å². The van der Waals surface area contributed by atoms with Gasteiger partial charge in [-0.25, -0.2) is 0 Å². The quantitative estimate of drug-likeness (QED) is 0.856. The van der Waals surface area contributed by atoms with Crippen LogP contribution in [0.15, 0.2) is 4.52 Å². The van der Waals surface area contributed by atoms with E-state index in [4.69, 9.17) is 4.52 Å². The van der Waals surface area contributed by atoms with E-state index in [0.717, 1.165) is 52.1 Å². The molecule has 3 heterocycles. The van der Waals surface area contributed by atoms with E-state index in [1.807, 2.05) is 11.8 Å². The number of halogens is 2. The molecular weight excluding hydrogens is 341 g/mol. The number of piperazine rings is 1. The van der Waals surface area contributed by atoms with E-state index in [9.17, 15) is 4.79 Å². The molecule has 0 spiro atoms. The average molecular weight is 366 g/mol. The summed E-state index contributed by atoms with van der Waals surface area (Å²) in [5.74, 6) is 1.81. The average Bonchev–Trinajstić information content (AvgIpc) is 2.93. The van der Waals surface area contributed by atoms with E-state index in [1.54, 1.807) is 0 Å². The Hall–Kier alpha value is -0.890. The molecule has 132 valence electrons. The molecule has 2 saturated heterocycles. The van der Waals surface area contributed by atoms with Crippen LogP contribution in [0, 0.1) is 12.8 Å². The number of carbonyl (C=O) groups excluding carboxylic acids is 1. The van der Waals surface area contributed by atoms with Crippen molar-refractivity contribution in [1.82, 2.24) is 25.3 Å². The first-order chi connectivity index (χ1) is 10.2. The van der Waals surface area contributed by atoms with Crippen LogP contribution in [0.2, 0.25) is 0 Å². The van der Waals surface area contributed by atoms with Crippen molar-refractivity contribution in [2.75, 3.05) is 39.3 Å². The summed E-state index contributed by atoms with van der Waals surface area (Å²) >= 11 is 0. The summed E-state index contributed by atoms with van der Waals surface area (Å²) in [5.41, 5.74) is 0. The Labute approximate surface area is 149 Å². The molecule has 2 aliphatic rings. The van der Waals surface area contributed by atoms with Crippen LogP contribution in [0.4, 0.5) is 0 Å². The van der Waals surface area contributed by atoms with Crippen molar-refractivity contribution in [1.29, 1.82) is 0 Å². The zero-order valence-corrected chi connectivity index (χ0v) is 15.0. The SMILES string of the molecule is Cc1noc(CN2CCN(C(=O)C3CCCNC3)CC2)n1.Cl.Cl. The zero-order chi connectivity index (χ0) is 14.7. The van der Waals surface area contributed by atoms with Gasteiger partial charge >= 0.3 is 0 Å². The van der Waals surface area contributed by atoms with Gasteiger partial charge in [0.2, 0.25) is 11.8 Å². The molecule has 0 radical (unpaired) electrons. The fourth-order valence-electron chi connectivity index (χ4n) is 3.04. The molecule has 0 aliphatic carbocycles. The van der Waals surface area contributed by atoms with Crippen molar-refractivity contribution >= 4 is 30.7 Å². The lowest BCUT2D eigenvalue weighted by Gasteiger charge is -2.36. The van der Waals surface area contributed by atoms with Crippen molar-refractivity contribution in [3.63, 3.8) is 0 Å². The number of nitrogens with zero attached hydrogens (tertiary/aromatic N) is 4. The van der Waals surface area contributed by atoms with Crippen molar-refractivity contribution in [2.45, 2.75) is 26.3 Å². The topological polar surface area (TPSA) is 74.5 Å². The summed E-state index contributed by atoms with van der Waals surface area (Å²) in [4.78, 5) is 20.9. The summed E-state index contributed by atoms with van der Waals surface area (Å²) < 4.78 is 5.14. The van der Waals surface area contributed by atoms with Crippen LogP contribution in [-0.4, -0.2) is 65.1 Å². The van der Waals surface area contributed by atoms with Crippen LogP contribution in [-0.2, 0) is 11.3 Å². The lowest BCUT2D eigenvalue weighted by atomic mass is 9.98. The number of hydrogen-bond donors (Lipinski definition) is 1. The minimum Gasteiger partial charge on any atom is -0.340 e.